The highest BCUT2D eigenvalue weighted by atomic mass is 31.2. The Morgan fingerprint density at radius 3 is 1.62 bits per heavy atom. The number of hydrogen-bond acceptors (Lipinski definition) is 1. The van der Waals surface area contributed by atoms with E-state index >= 15 is 0 Å². The molecule has 0 unspecified atom stereocenters. The smallest absolute Gasteiger partial charge is 0.123 e. The van der Waals surface area contributed by atoms with Crippen molar-refractivity contribution in [1.29, 1.82) is 0 Å². The van der Waals surface area contributed by atoms with E-state index in [0.29, 0.717) is 5.75 Å². The predicted octanol–water partition coefficient (Wildman–Crippen LogP) is 3.96. The van der Waals surface area contributed by atoms with Crippen LogP contribution in [-0.2, 0) is 0 Å². The van der Waals surface area contributed by atoms with Crippen LogP contribution in [0.25, 0.3) is 0 Å². The lowest BCUT2D eigenvalue weighted by Gasteiger charge is -2.23. The van der Waals surface area contributed by atoms with E-state index in [1.54, 1.807) is 0 Å². The zero-order chi connectivity index (χ0) is 16.8. The average Bonchev–Trinajstić information content (AvgIpc) is 2.67. The van der Waals surface area contributed by atoms with Gasteiger partial charge in [0, 0.05) is 0 Å². The minimum atomic E-state index is -1.70. The Morgan fingerprint density at radius 2 is 1.17 bits per heavy atom. The van der Waals surface area contributed by atoms with Gasteiger partial charge in [-0.2, -0.15) is 0 Å². The van der Waals surface area contributed by atoms with Gasteiger partial charge in [0.1, 0.15) is 42.2 Å². The zero-order valence-electron chi connectivity index (χ0n) is 13.7. The molecule has 0 bridgehead atoms. The molecule has 3 heteroatoms. The van der Waals surface area contributed by atoms with E-state index in [0.717, 1.165) is 0 Å². The van der Waals surface area contributed by atoms with E-state index < -0.39 is 13.9 Å². The summed E-state index contributed by atoms with van der Waals surface area (Å²) in [6, 6.07) is 29.4. The average molecular weight is 339 g/mol. The molecular formula is C21H21FOP+. The van der Waals surface area contributed by atoms with E-state index in [1.807, 2.05) is 24.3 Å². The van der Waals surface area contributed by atoms with Gasteiger partial charge in [0.15, 0.2) is 0 Å². The molecule has 0 aliphatic heterocycles. The summed E-state index contributed by atoms with van der Waals surface area (Å²) in [6.45, 7) is 1.97. The molecule has 24 heavy (non-hydrogen) atoms. The van der Waals surface area contributed by atoms with Crippen molar-refractivity contribution >= 4 is 23.2 Å². The van der Waals surface area contributed by atoms with Crippen molar-refractivity contribution in [1.82, 2.24) is 0 Å². The van der Waals surface area contributed by atoms with E-state index in [4.69, 9.17) is 4.74 Å². The Labute approximate surface area is 143 Å². The first-order chi connectivity index (χ1) is 11.7. The van der Waals surface area contributed by atoms with Crippen LogP contribution in [0.5, 0.6) is 5.75 Å². The van der Waals surface area contributed by atoms with Gasteiger partial charge >= 0.3 is 0 Å². The van der Waals surface area contributed by atoms with Crippen LogP contribution in [0.4, 0.5) is 4.39 Å². The Bertz CT molecular complexity index is 717. The van der Waals surface area contributed by atoms with Crippen molar-refractivity contribution in [3.63, 3.8) is 0 Å². The normalized spacial score (nSPS) is 11.2. The number of ether oxygens (including phenoxy) is 1. The van der Waals surface area contributed by atoms with Crippen LogP contribution in [-0.4, -0.2) is 19.9 Å². The monoisotopic (exact) mass is 339 g/mol. The number of benzene rings is 3. The third kappa shape index (κ3) is 3.34. The summed E-state index contributed by atoms with van der Waals surface area (Å²) in [7, 11) is -1.70. The molecule has 0 atom stereocenters. The van der Waals surface area contributed by atoms with E-state index in [-0.39, 0.29) is 6.61 Å². The van der Waals surface area contributed by atoms with Gasteiger partial charge in [0.05, 0.1) is 6.66 Å². The topological polar surface area (TPSA) is 9.23 Å². The van der Waals surface area contributed by atoms with Gasteiger partial charge in [-0.15, -0.1) is 0 Å². The van der Waals surface area contributed by atoms with E-state index in [2.05, 4.69) is 67.3 Å². The molecule has 0 spiro atoms. The second-order valence-corrected chi connectivity index (χ2v) is 9.27. The van der Waals surface area contributed by atoms with Gasteiger partial charge in [-0.3, -0.25) is 0 Å². The van der Waals surface area contributed by atoms with Gasteiger partial charge in [0.2, 0.25) is 0 Å². The molecule has 3 aromatic rings. The van der Waals surface area contributed by atoms with Gasteiger partial charge < -0.3 is 4.74 Å². The van der Waals surface area contributed by atoms with E-state index in [1.165, 1.54) is 15.9 Å². The summed E-state index contributed by atoms with van der Waals surface area (Å²) in [5, 5.41) is 3.97. The van der Waals surface area contributed by atoms with Gasteiger partial charge in [-0.05, 0) is 48.5 Å². The van der Waals surface area contributed by atoms with Gasteiger partial charge in [0.25, 0.3) is 0 Å². The highest BCUT2D eigenvalue weighted by Gasteiger charge is 2.39. The number of rotatable bonds is 6. The molecule has 0 saturated carbocycles. The second-order valence-electron chi connectivity index (χ2n) is 5.71. The molecule has 0 saturated heterocycles. The predicted molar refractivity (Wildman–Crippen MR) is 103 cm³/mol. The third-order valence-corrected chi connectivity index (χ3v) is 8.24. The number of hydrogen-bond donors (Lipinski definition) is 0. The Balaban J connectivity index is 2.06. The van der Waals surface area contributed by atoms with Crippen molar-refractivity contribution in [2.45, 2.75) is 0 Å². The third-order valence-electron chi connectivity index (χ3n) is 4.24. The van der Waals surface area contributed by atoms with E-state index in [9.17, 15) is 4.39 Å². The summed E-state index contributed by atoms with van der Waals surface area (Å²) >= 11 is 0. The van der Waals surface area contributed by atoms with Crippen LogP contribution in [0.1, 0.15) is 0 Å². The molecule has 0 fully saturated rings. The van der Waals surface area contributed by atoms with Crippen LogP contribution >= 0.6 is 7.26 Å². The Hall–Kier alpha value is -2.18. The van der Waals surface area contributed by atoms with Crippen molar-refractivity contribution < 1.29 is 9.13 Å². The first-order valence-corrected chi connectivity index (χ1v) is 10.3. The summed E-state index contributed by atoms with van der Waals surface area (Å²) in [5.41, 5.74) is 0. The Kier molecular flexibility index (Phi) is 5.27. The molecule has 0 aromatic heterocycles. The number of halogens is 1. The maximum Gasteiger partial charge on any atom is 0.123 e. The van der Waals surface area contributed by atoms with Crippen LogP contribution in [0.15, 0.2) is 84.9 Å². The molecule has 0 radical (unpaired) electrons. The molecule has 0 aliphatic carbocycles. The minimum absolute atomic E-state index is 0.100. The van der Waals surface area contributed by atoms with Crippen LogP contribution < -0.4 is 20.7 Å². The zero-order valence-corrected chi connectivity index (χ0v) is 14.6. The maximum atomic E-state index is 12.3. The molecular weight excluding hydrogens is 318 g/mol. The number of alkyl halides is 1. The second kappa shape index (κ2) is 7.59. The van der Waals surface area contributed by atoms with Gasteiger partial charge in [-0.25, -0.2) is 4.39 Å². The summed E-state index contributed by atoms with van der Waals surface area (Å²) in [4.78, 5) is 0. The molecule has 122 valence electrons. The Morgan fingerprint density at radius 1 is 0.708 bits per heavy atom. The fourth-order valence-corrected chi connectivity index (χ4v) is 6.07. The summed E-state index contributed by atoms with van der Waals surface area (Å²) < 4.78 is 17.6. The molecule has 3 aromatic carbocycles. The summed E-state index contributed by atoms with van der Waals surface area (Å²) in [6.07, 6.45) is 0. The van der Waals surface area contributed by atoms with Crippen molar-refractivity contribution in [2.75, 3.05) is 19.9 Å². The maximum absolute atomic E-state index is 12.3. The lowest BCUT2D eigenvalue weighted by Crippen LogP contribution is -2.30. The van der Waals surface area contributed by atoms with Crippen LogP contribution in [0.3, 0.4) is 0 Å². The quantitative estimate of drug-likeness (QED) is 0.618. The fourth-order valence-electron chi connectivity index (χ4n) is 2.90. The van der Waals surface area contributed by atoms with Crippen molar-refractivity contribution in [3.05, 3.63) is 84.9 Å². The van der Waals surface area contributed by atoms with Crippen molar-refractivity contribution in [3.8, 4) is 5.75 Å². The first-order valence-electron chi connectivity index (χ1n) is 8.02. The lowest BCUT2D eigenvalue weighted by atomic mass is 10.3. The minimum Gasteiger partial charge on any atom is -0.491 e. The van der Waals surface area contributed by atoms with Gasteiger partial charge in [-0.1, -0.05) is 36.4 Å². The molecule has 0 heterocycles. The lowest BCUT2D eigenvalue weighted by molar-refractivity contribution is 0.273. The largest absolute Gasteiger partial charge is 0.491 e. The molecule has 3 rings (SSSR count). The molecule has 0 aliphatic rings. The first kappa shape index (κ1) is 16.7. The SMILES string of the molecule is C[P+](c1ccccc1)(c1ccccc1)c1ccc(OCCF)cc1. The molecule has 1 nitrogen and oxygen atoms in total. The molecule has 0 amide bonds. The highest BCUT2D eigenvalue weighted by molar-refractivity contribution is 7.95. The fraction of sp³-hybridized carbons (Fsp3) is 0.143. The van der Waals surface area contributed by atoms with Crippen LogP contribution in [0.2, 0.25) is 0 Å². The summed E-state index contributed by atoms with van der Waals surface area (Å²) in [5.74, 6) is 0.712. The molecule has 0 N–H and O–H groups in total. The standard InChI is InChI=1S/C21H21FOP/c1-24(19-8-4-2-5-9-19,20-10-6-3-7-11-20)21-14-12-18(13-15-21)23-17-16-22/h2-15H,16-17H2,1H3/q+1. The highest BCUT2D eigenvalue weighted by Crippen LogP contribution is 2.51. The van der Waals surface area contributed by atoms with Crippen LogP contribution in [0, 0.1) is 0 Å². The van der Waals surface area contributed by atoms with Crippen molar-refractivity contribution in [2.24, 2.45) is 0 Å².